The maximum atomic E-state index is 12.4. The summed E-state index contributed by atoms with van der Waals surface area (Å²) in [5.41, 5.74) is 4.79. The van der Waals surface area contributed by atoms with Crippen molar-refractivity contribution < 1.29 is 14.3 Å². The number of hydrogen-bond donors (Lipinski definition) is 1. The van der Waals surface area contributed by atoms with Crippen molar-refractivity contribution in [2.24, 2.45) is 0 Å². The molecule has 30 heavy (non-hydrogen) atoms. The average molecular weight is 400 g/mol. The van der Waals surface area contributed by atoms with E-state index in [4.69, 9.17) is 14.7 Å². The number of nitrogens with zero attached hydrogens (tertiary/aromatic N) is 1. The van der Waals surface area contributed by atoms with E-state index >= 15 is 0 Å². The number of nitrogens with one attached hydrogen (secondary N) is 1. The van der Waals surface area contributed by atoms with E-state index in [0.29, 0.717) is 30.2 Å². The zero-order chi connectivity index (χ0) is 21.3. The first kappa shape index (κ1) is 20.9. The van der Waals surface area contributed by atoms with Crippen LogP contribution < -0.4 is 14.8 Å². The van der Waals surface area contributed by atoms with Crippen LogP contribution >= 0.6 is 0 Å². The zero-order valence-corrected chi connectivity index (χ0v) is 17.1. The minimum Gasteiger partial charge on any atom is -0.489 e. The molecule has 3 rings (SSSR count). The summed E-state index contributed by atoms with van der Waals surface area (Å²) in [6, 6.07) is 22.8. The van der Waals surface area contributed by atoms with Crippen LogP contribution in [-0.2, 0) is 17.8 Å². The third-order valence-electron chi connectivity index (χ3n) is 4.74. The zero-order valence-electron chi connectivity index (χ0n) is 17.1. The van der Waals surface area contributed by atoms with Gasteiger partial charge in [-0.15, -0.1) is 0 Å². The number of rotatable bonds is 8. The first-order valence-corrected chi connectivity index (χ1v) is 9.71. The second-order valence-electron chi connectivity index (χ2n) is 7.01. The van der Waals surface area contributed by atoms with Gasteiger partial charge >= 0.3 is 0 Å². The van der Waals surface area contributed by atoms with Gasteiger partial charge in [0.1, 0.15) is 18.1 Å². The molecule has 0 bridgehead atoms. The number of nitriles is 1. The maximum absolute atomic E-state index is 12.4. The normalized spacial score (nSPS) is 10.2. The summed E-state index contributed by atoms with van der Waals surface area (Å²) >= 11 is 0. The molecule has 0 aliphatic heterocycles. The van der Waals surface area contributed by atoms with Gasteiger partial charge in [0, 0.05) is 11.3 Å². The van der Waals surface area contributed by atoms with Crippen LogP contribution in [0.25, 0.3) is 0 Å². The molecule has 5 heteroatoms. The smallest absolute Gasteiger partial charge is 0.262 e. The summed E-state index contributed by atoms with van der Waals surface area (Å²) in [6.07, 6.45) is 0.374. The Morgan fingerprint density at radius 2 is 1.67 bits per heavy atom. The third-order valence-corrected chi connectivity index (χ3v) is 4.74. The summed E-state index contributed by atoms with van der Waals surface area (Å²) in [5, 5.41) is 11.6. The lowest BCUT2D eigenvalue weighted by Crippen LogP contribution is -2.21. The lowest BCUT2D eigenvalue weighted by atomic mass is 10.1. The summed E-state index contributed by atoms with van der Waals surface area (Å²) in [6.45, 7) is 4.28. The standard InChI is InChI=1S/C25H24N2O3/c1-18-7-10-23(15-19(18)2)30-17-25(28)27-24-6-4-3-5-21(24)16-29-22-11-8-20(9-12-22)13-14-26/h3-12,15H,13,16-17H2,1-2H3,(H,27,28). The molecule has 0 aromatic heterocycles. The van der Waals surface area contributed by atoms with Crippen molar-refractivity contribution in [3.8, 4) is 17.6 Å². The molecule has 0 radical (unpaired) electrons. The largest absolute Gasteiger partial charge is 0.489 e. The van der Waals surface area contributed by atoms with Crippen LogP contribution in [0.2, 0.25) is 0 Å². The number of carbonyl (C=O) groups is 1. The molecule has 0 heterocycles. The minimum atomic E-state index is -0.235. The van der Waals surface area contributed by atoms with Crippen LogP contribution in [0.15, 0.2) is 66.7 Å². The van der Waals surface area contributed by atoms with Gasteiger partial charge < -0.3 is 14.8 Å². The van der Waals surface area contributed by atoms with Crippen LogP contribution in [0.1, 0.15) is 22.3 Å². The molecule has 0 saturated heterocycles. The molecule has 0 atom stereocenters. The predicted molar refractivity (Wildman–Crippen MR) is 117 cm³/mol. The highest BCUT2D eigenvalue weighted by molar-refractivity contribution is 5.92. The molecule has 0 fully saturated rings. The quantitative estimate of drug-likeness (QED) is 0.580. The van der Waals surface area contributed by atoms with Gasteiger partial charge in [0.05, 0.1) is 12.5 Å². The minimum absolute atomic E-state index is 0.0714. The van der Waals surface area contributed by atoms with E-state index in [9.17, 15) is 4.79 Å². The number of aryl methyl sites for hydroxylation is 2. The van der Waals surface area contributed by atoms with E-state index in [1.54, 1.807) is 0 Å². The Labute approximate surface area is 176 Å². The van der Waals surface area contributed by atoms with Crippen molar-refractivity contribution in [2.45, 2.75) is 26.9 Å². The first-order valence-electron chi connectivity index (χ1n) is 9.71. The molecule has 5 nitrogen and oxygen atoms in total. The summed E-state index contributed by atoms with van der Waals surface area (Å²) < 4.78 is 11.4. The van der Waals surface area contributed by atoms with Crippen LogP contribution in [0.4, 0.5) is 5.69 Å². The van der Waals surface area contributed by atoms with Crippen molar-refractivity contribution in [2.75, 3.05) is 11.9 Å². The Morgan fingerprint density at radius 3 is 2.40 bits per heavy atom. The van der Waals surface area contributed by atoms with Gasteiger partial charge in [0.15, 0.2) is 6.61 Å². The molecular weight excluding hydrogens is 376 g/mol. The molecule has 1 N–H and O–H groups in total. The monoisotopic (exact) mass is 400 g/mol. The highest BCUT2D eigenvalue weighted by Crippen LogP contribution is 2.20. The van der Waals surface area contributed by atoms with Crippen LogP contribution in [0.3, 0.4) is 0 Å². The van der Waals surface area contributed by atoms with Gasteiger partial charge in [-0.1, -0.05) is 36.4 Å². The Hall–Kier alpha value is -3.78. The van der Waals surface area contributed by atoms with Crippen molar-refractivity contribution in [1.29, 1.82) is 5.26 Å². The van der Waals surface area contributed by atoms with Crippen LogP contribution in [0, 0.1) is 25.2 Å². The van der Waals surface area contributed by atoms with E-state index in [-0.39, 0.29) is 12.5 Å². The molecule has 0 unspecified atom stereocenters. The number of benzene rings is 3. The molecule has 1 amide bonds. The molecular formula is C25H24N2O3. The summed E-state index contributed by atoms with van der Waals surface area (Å²) in [7, 11) is 0. The number of ether oxygens (including phenoxy) is 2. The van der Waals surface area contributed by atoms with Crippen LogP contribution in [0.5, 0.6) is 11.5 Å². The number of carbonyl (C=O) groups excluding carboxylic acids is 1. The highest BCUT2D eigenvalue weighted by atomic mass is 16.5. The third kappa shape index (κ3) is 5.86. The molecule has 0 spiro atoms. The molecule has 0 aliphatic rings. The number of hydrogen-bond acceptors (Lipinski definition) is 4. The number of anilines is 1. The maximum Gasteiger partial charge on any atom is 0.262 e. The van der Waals surface area contributed by atoms with E-state index in [1.807, 2.05) is 80.6 Å². The lowest BCUT2D eigenvalue weighted by molar-refractivity contribution is -0.118. The average Bonchev–Trinajstić information content (AvgIpc) is 2.75. The van der Waals surface area contributed by atoms with Gasteiger partial charge in [-0.2, -0.15) is 5.26 Å². The van der Waals surface area contributed by atoms with E-state index in [0.717, 1.165) is 16.7 Å². The van der Waals surface area contributed by atoms with Gasteiger partial charge in [-0.05, 0) is 60.9 Å². The van der Waals surface area contributed by atoms with Crippen molar-refractivity contribution in [1.82, 2.24) is 0 Å². The Balaban J connectivity index is 1.57. The van der Waals surface area contributed by atoms with Crippen molar-refractivity contribution >= 4 is 11.6 Å². The fourth-order valence-electron chi connectivity index (χ4n) is 2.86. The van der Waals surface area contributed by atoms with Gasteiger partial charge in [-0.25, -0.2) is 0 Å². The van der Waals surface area contributed by atoms with E-state index in [1.165, 1.54) is 5.56 Å². The summed E-state index contributed by atoms with van der Waals surface area (Å²) in [4.78, 5) is 12.4. The SMILES string of the molecule is Cc1ccc(OCC(=O)Nc2ccccc2COc2ccc(CC#N)cc2)cc1C. The molecule has 152 valence electrons. The predicted octanol–water partition coefficient (Wildman–Crippen LogP) is 4.97. The molecule has 3 aromatic rings. The van der Waals surface area contributed by atoms with Gasteiger partial charge in [-0.3, -0.25) is 4.79 Å². The van der Waals surface area contributed by atoms with Gasteiger partial charge in [0.2, 0.25) is 0 Å². The van der Waals surface area contributed by atoms with Gasteiger partial charge in [0.25, 0.3) is 5.91 Å². The Kier molecular flexibility index (Phi) is 7.07. The molecule has 0 aliphatic carbocycles. The highest BCUT2D eigenvalue weighted by Gasteiger charge is 2.09. The van der Waals surface area contributed by atoms with E-state index in [2.05, 4.69) is 11.4 Å². The number of para-hydroxylation sites is 1. The molecule has 3 aromatic carbocycles. The molecule has 0 saturated carbocycles. The second kappa shape index (κ2) is 10.1. The Morgan fingerprint density at radius 1 is 0.933 bits per heavy atom. The van der Waals surface area contributed by atoms with Crippen molar-refractivity contribution in [3.05, 3.63) is 89.0 Å². The topological polar surface area (TPSA) is 71.3 Å². The summed E-state index contributed by atoms with van der Waals surface area (Å²) in [5.74, 6) is 1.14. The fourth-order valence-corrected chi connectivity index (χ4v) is 2.86. The van der Waals surface area contributed by atoms with Crippen LogP contribution in [-0.4, -0.2) is 12.5 Å². The Bertz CT molecular complexity index is 1050. The lowest BCUT2D eigenvalue weighted by Gasteiger charge is -2.13. The first-order chi connectivity index (χ1) is 14.5. The second-order valence-corrected chi connectivity index (χ2v) is 7.01. The van der Waals surface area contributed by atoms with Crippen molar-refractivity contribution in [3.63, 3.8) is 0 Å². The fraction of sp³-hybridized carbons (Fsp3) is 0.200. The number of amides is 1. The van der Waals surface area contributed by atoms with E-state index < -0.39 is 0 Å².